The van der Waals surface area contributed by atoms with Crippen LogP contribution in [0.2, 0.25) is 0 Å². The number of ketones is 1. The molecule has 2 aliphatic carbocycles. The van der Waals surface area contributed by atoms with E-state index >= 15 is 0 Å². The summed E-state index contributed by atoms with van der Waals surface area (Å²) in [4.78, 5) is 39.1. The Morgan fingerprint density at radius 3 is 2.80 bits per heavy atom. The Morgan fingerprint density at radius 1 is 1.09 bits per heavy atom. The molecule has 3 aliphatic rings. The number of fused-ring (bicyclic) bond motifs is 1. The molecule has 2 fully saturated rings. The number of hydrogen-bond acceptors (Lipinski definition) is 7. The Labute approximate surface area is 203 Å². The normalized spacial score (nSPS) is 19.9. The molecule has 3 N–H and O–H groups in total. The lowest BCUT2D eigenvalue weighted by molar-refractivity contribution is -0.119. The molecule has 3 aromatic heterocycles. The highest BCUT2D eigenvalue weighted by atomic mass is 16.1. The second kappa shape index (κ2) is 9.28. The number of pyridine rings is 1. The van der Waals surface area contributed by atoms with Crippen LogP contribution in [0.25, 0.3) is 0 Å². The predicted molar refractivity (Wildman–Crippen MR) is 133 cm³/mol. The van der Waals surface area contributed by atoms with E-state index in [1.54, 1.807) is 12.3 Å². The van der Waals surface area contributed by atoms with E-state index in [9.17, 15) is 9.59 Å². The van der Waals surface area contributed by atoms with Crippen LogP contribution >= 0.6 is 0 Å². The van der Waals surface area contributed by atoms with E-state index in [2.05, 4.69) is 31.5 Å². The molecule has 1 aliphatic heterocycles. The van der Waals surface area contributed by atoms with Crippen LogP contribution in [0.5, 0.6) is 0 Å². The van der Waals surface area contributed by atoms with Crippen LogP contribution in [0.3, 0.4) is 0 Å². The van der Waals surface area contributed by atoms with Crippen molar-refractivity contribution < 1.29 is 4.79 Å². The van der Waals surface area contributed by atoms with E-state index in [4.69, 9.17) is 9.97 Å². The summed E-state index contributed by atoms with van der Waals surface area (Å²) >= 11 is 0. The molecule has 0 aromatic carbocycles. The minimum atomic E-state index is -0.256. The maximum absolute atomic E-state index is 13.2. The number of carbonyl (C=O) groups excluding carboxylic acids is 1. The summed E-state index contributed by atoms with van der Waals surface area (Å²) < 4.78 is 0. The Kier molecular flexibility index (Phi) is 5.83. The highest BCUT2D eigenvalue weighted by Crippen LogP contribution is 2.36. The first-order chi connectivity index (χ1) is 17.1. The zero-order chi connectivity index (χ0) is 23.8. The first kappa shape index (κ1) is 22.0. The van der Waals surface area contributed by atoms with Gasteiger partial charge in [-0.15, -0.1) is 0 Å². The van der Waals surface area contributed by atoms with Crippen LogP contribution < -0.4 is 15.8 Å². The number of carbonyl (C=O) groups is 1. The van der Waals surface area contributed by atoms with Crippen molar-refractivity contribution in [1.29, 1.82) is 0 Å². The smallest absolute Gasteiger partial charge is 0.247 e. The molecule has 0 radical (unpaired) electrons. The number of hydrogen-bond donors (Lipinski definition) is 3. The fourth-order valence-corrected chi connectivity index (χ4v) is 5.83. The molecule has 9 heteroatoms. The molecule has 182 valence electrons. The standard InChI is InChI=1S/C26H31N7O2/c34-22(13-16-10-11-24(35)27-15-16)21-9-4-12-33(21)26-28-19-8-3-7-18(19)25(30-26)29-23-14-20(31-32-23)17-5-1-2-6-17/h10-11,14-15,17,21H,1-9,12-13H2,(H,27,35)(H2,28,29,30,31,32). The van der Waals surface area contributed by atoms with Gasteiger partial charge in [0.25, 0.3) is 0 Å². The van der Waals surface area contributed by atoms with Crippen LogP contribution in [0.15, 0.2) is 29.2 Å². The lowest BCUT2D eigenvalue weighted by Crippen LogP contribution is -2.38. The Bertz CT molecular complexity index is 1270. The largest absolute Gasteiger partial charge is 0.331 e. The first-order valence-corrected chi connectivity index (χ1v) is 12.8. The Morgan fingerprint density at radius 2 is 1.97 bits per heavy atom. The number of aryl methyl sites for hydroxylation is 1. The van der Waals surface area contributed by atoms with Gasteiger partial charge in [0.05, 0.1) is 11.7 Å². The van der Waals surface area contributed by atoms with Gasteiger partial charge in [0.2, 0.25) is 11.5 Å². The number of aromatic nitrogens is 5. The summed E-state index contributed by atoms with van der Waals surface area (Å²) in [5.74, 6) is 2.92. The number of nitrogens with one attached hydrogen (secondary N) is 3. The molecule has 0 amide bonds. The number of rotatable bonds is 7. The highest BCUT2D eigenvalue weighted by Gasteiger charge is 2.34. The van der Waals surface area contributed by atoms with Crippen molar-refractivity contribution in [2.24, 2.45) is 0 Å². The van der Waals surface area contributed by atoms with Crippen molar-refractivity contribution in [1.82, 2.24) is 25.1 Å². The average Bonchev–Trinajstić information content (AvgIpc) is 3.67. The summed E-state index contributed by atoms with van der Waals surface area (Å²) in [6.07, 6.45) is 11.6. The van der Waals surface area contributed by atoms with Crippen molar-refractivity contribution >= 4 is 23.4 Å². The van der Waals surface area contributed by atoms with Gasteiger partial charge in [-0.1, -0.05) is 18.9 Å². The third kappa shape index (κ3) is 4.47. The summed E-state index contributed by atoms with van der Waals surface area (Å²) in [7, 11) is 0. The molecule has 9 nitrogen and oxygen atoms in total. The van der Waals surface area contributed by atoms with Crippen molar-refractivity contribution in [3.8, 4) is 0 Å². The van der Waals surface area contributed by atoms with Crippen molar-refractivity contribution in [3.05, 3.63) is 57.3 Å². The minimum absolute atomic E-state index is 0.127. The van der Waals surface area contributed by atoms with Gasteiger partial charge in [0.1, 0.15) is 5.82 Å². The van der Waals surface area contributed by atoms with Crippen LogP contribution in [0.1, 0.15) is 73.4 Å². The molecular formula is C26H31N7O2. The third-order valence-corrected chi connectivity index (χ3v) is 7.67. The SMILES string of the molecule is O=C(Cc1ccc(=O)[nH]c1)C1CCCN1c1nc2c(c(Nc3cc(C4CCCC4)[nH]n3)n1)CCC2. The number of H-pyrrole nitrogens is 2. The first-order valence-electron chi connectivity index (χ1n) is 12.8. The topological polar surface area (TPSA) is 120 Å². The molecule has 1 unspecified atom stereocenters. The molecule has 6 rings (SSSR count). The molecular weight excluding hydrogens is 442 g/mol. The number of nitrogens with zero attached hydrogens (tertiary/aromatic N) is 4. The van der Waals surface area contributed by atoms with Crippen LogP contribution in [0, 0.1) is 0 Å². The second-order valence-electron chi connectivity index (χ2n) is 10.0. The predicted octanol–water partition coefficient (Wildman–Crippen LogP) is 3.56. The van der Waals surface area contributed by atoms with Gasteiger partial charge in [0, 0.05) is 48.5 Å². The molecule has 0 spiro atoms. The van der Waals surface area contributed by atoms with Gasteiger partial charge in [-0.25, -0.2) is 4.98 Å². The summed E-state index contributed by atoms with van der Waals surface area (Å²) in [6, 6.07) is 5.04. The quantitative estimate of drug-likeness (QED) is 0.480. The summed E-state index contributed by atoms with van der Waals surface area (Å²) in [5, 5.41) is 11.2. The highest BCUT2D eigenvalue weighted by molar-refractivity contribution is 5.89. The molecule has 1 saturated heterocycles. The molecule has 1 saturated carbocycles. The fourth-order valence-electron chi connectivity index (χ4n) is 5.83. The van der Waals surface area contributed by atoms with E-state index in [0.717, 1.165) is 67.1 Å². The molecule has 4 heterocycles. The van der Waals surface area contributed by atoms with Gasteiger partial charge < -0.3 is 15.2 Å². The maximum atomic E-state index is 13.2. The summed E-state index contributed by atoms with van der Waals surface area (Å²) in [5.41, 5.74) is 4.08. The van der Waals surface area contributed by atoms with E-state index in [1.165, 1.54) is 37.4 Å². The van der Waals surface area contributed by atoms with Gasteiger partial charge in [0.15, 0.2) is 11.6 Å². The third-order valence-electron chi connectivity index (χ3n) is 7.67. The maximum Gasteiger partial charge on any atom is 0.247 e. The van der Waals surface area contributed by atoms with Crippen LogP contribution in [0.4, 0.5) is 17.6 Å². The van der Waals surface area contributed by atoms with Crippen LogP contribution in [-0.4, -0.2) is 43.5 Å². The van der Waals surface area contributed by atoms with Gasteiger partial charge in [-0.2, -0.15) is 10.1 Å². The molecule has 35 heavy (non-hydrogen) atoms. The van der Waals surface area contributed by atoms with Crippen LogP contribution in [-0.2, 0) is 24.1 Å². The van der Waals surface area contributed by atoms with Crippen molar-refractivity contribution in [2.75, 3.05) is 16.8 Å². The van der Waals surface area contributed by atoms with Crippen molar-refractivity contribution in [2.45, 2.75) is 76.2 Å². The lowest BCUT2D eigenvalue weighted by Gasteiger charge is -2.25. The fraction of sp³-hybridized carbons (Fsp3) is 0.500. The minimum Gasteiger partial charge on any atom is -0.331 e. The average molecular weight is 474 g/mol. The monoisotopic (exact) mass is 473 g/mol. The molecule has 3 aromatic rings. The summed E-state index contributed by atoms with van der Waals surface area (Å²) in [6.45, 7) is 0.758. The van der Waals surface area contributed by atoms with Crippen molar-refractivity contribution in [3.63, 3.8) is 0 Å². The number of Topliss-reactive ketones (excluding diaryl/α,β-unsaturated/α-hetero) is 1. The van der Waals surface area contributed by atoms with E-state index in [0.29, 0.717) is 11.9 Å². The van der Waals surface area contributed by atoms with Gasteiger partial charge in [-0.05, 0) is 50.5 Å². The molecule has 0 bridgehead atoms. The van der Waals surface area contributed by atoms with Gasteiger partial charge in [-0.3, -0.25) is 14.7 Å². The zero-order valence-electron chi connectivity index (χ0n) is 19.8. The zero-order valence-corrected chi connectivity index (χ0v) is 19.8. The van der Waals surface area contributed by atoms with E-state index < -0.39 is 0 Å². The Balaban J connectivity index is 1.24. The Hall–Kier alpha value is -3.49. The number of anilines is 3. The molecule has 1 atom stereocenters. The van der Waals surface area contributed by atoms with E-state index in [-0.39, 0.29) is 23.8 Å². The van der Waals surface area contributed by atoms with Gasteiger partial charge >= 0.3 is 0 Å². The lowest BCUT2D eigenvalue weighted by atomic mass is 10.0. The van der Waals surface area contributed by atoms with E-state index in [1.807, 2.05) is 0 Å². The second-order valence-corrected chi connectivity index (χ2v) is 10.0. The number of aromatic amines is 2.